The summed E-state index contributed by atoms with van der Waals surface area (Å²) in [6.45, 7) is 0.270. The third kappa shape index (κ3) is 2.16. The Morgan fingerprint density at radius 1 is 1.47 bits per heavy atom. The monoisotopic (exact) mass is 205 g/mol. The first-order valence-corrected chi connectivity index (χ1v) is 5.10. The fourth-order valence-corrected chi connectivity index (χ4v) is 1.52. The lowest BCUT2D eigenvalue weighted by Crippen LogP contribution is -2.21. The van der Waals surface area contributed by atoms with Crippen molar-refractivity contribution in [1.29, 1.82) is 5.26 Å². The van der Waals surface area contributed by atoms with E-state index in [9.17, 15) is 4.39 Å². The molecule has 1 fully saturated rings. The van der Waals surface area contributed by atoms with E-state index in [0.29, 0.717) is 5.56 Å². The van der Waals surface area contributed by atoms with Crippen LogP contribution in [-0.4, -0.2) is 6.10 Å². The maximum Gasteiger partial charge on any atom is 0.146 e. The van der Waals surface area contributed by atoms with E-state index in [0.717, 1.165) is 12.8 Å². The van der Waals surface area contributed by atoms with Crippen molar-refractivity contribution in [3.05, 3.63) is 35.1 Å². The second-order valence-corrected chi connectivity index (χ2v) is 3.75. The van der Waals surface area contributed by atoms with Crippen LogP contribution in [0.5, 0.6) is 0 Å². The molecule has 0 radical (unpaired) electrons. The number of nitrogens with zero attached hydrogens (tertiary/aromatic N) is 1. The number of benzene rings is 1. The Hall–Kier alpha value is -1.40. The van der Waals surface area contributed by atoms with Gasteiger partial charge >= 0.3 is 0 Å². The van der Waals surface area contributed by atoms with Gasteiger partial charge in [-0.05, 0) is 25.3 Å². The van der Waals surface area contributed by atoms with Crippen molar-refractivity contribution in [2.45, 2.75) is 32.0 Å². The summed E-state index contributed by atoms with van der Waals surface area (Å²) < 4.78 is 19.0. The van der Waals surface area contributed by atoms with Crippen LogP contribution < -0.4 is 0 Å². The molecule has 0 atom stereocenters. The van der Waals surface area contributed by atoms with Gasteiger partial charge in [-0.3, -0.25) is 0 Å². The van der Waals surface area contributed by atoms with Crippen LogP contribution in [0.15, 0.2) is 18.2 Å². The van der Waals surface area contributed by atoms with Crippen molar-refractivity contribution in [3.8, 4) is 6.07 Å². The molecule has 2 nitrogen and oxygen atoms in total. The maximum absolute atomic E-state index is 13.5. The number of hydrogen-bond acceptors (Lipinski definition) is 2. The van der Waals surface area contributed by atoms with E-state index in [-0.39, 0.29) is 18.3 Å². The molecule has 0 spiro atoms. The Kier molecular flexibility index (Phi) is 2.98. The predicted octanol–water partition coefficient (Wildman–Crippen LogP) is 2.77. The molecule has 0 unspecified atom stereocenters. The summed E-state index contributed by atoms with van der Waals surface area (Å²) in [4.78, 5) is 0. The van der Waals surface area contributed by atoms with Crippen LogP contribution in [0.1, 0.15) is 30.4 Å². The average Bonchev–Trinajstić information content (AvgIpc) is 2.18. The van der Waals surface area contributed by atoms with Gasteiger partial charge in [-0.1, -0.05) is 12.1 Å². The van der Waals surface area contributed by atoms with Crippen LogP contribution in [0, 0.1) is 17.1 Å². The largest absolute Gasteiger partial charge is 0.373 e. The highest BCUT2D eigenvalue weighted by molar-refractivity contribution is 5.34. The number of nitriles is 1. The van der Waals surface area contributed by atoms with Crippen molar-refractivity contribution in [1.82, 2.24) is 0 Å². The normalized spacial score (nSPS) is 15.7. The van der Waals surface area contributed by atoms with Gasteiger partial charge in [0.2, 0.25) is 0 Å². The molecule has 0 bridgehead atoms. The van der Waals surface area contributed by atoms with E-state index in [2.05, 4.69) is 0 Å². The molecule has 0 heterocycles. The van der Waals surface area contributed by atoms with E-state index < -0.39 is 5.82 Å². The minimum Gasteiger partial charge on any atom is -0.373 e. The minimum atomic E-state index is -0.445. The number of rotatable bonds is 3. The molecule has 0 saturated heterocycles. The molecular weight excluding hydrogens is 193 g/mol. The van der Waals surface area contributed by atoms with Crippen LogP contribution in [-0.2, 0) is 11.3 Å². The molecule has 0 aromatic heterocycles. The molecule has 1 saturated carbocycles. The fraction of sp³-hybridized carbons (Fsp3) is 0.417. The number of ether oxygens (including phenoxy) is 1. The standard InChI is InChI=1S/C12H12FNO/c13-12-9(7-14)3-1-4-10(12)8-15-11-5-2-6-11/h1,3-4,11H,2,5-6,8H2. The van der Waals surface area contributed by atoms with Gasteiger partial charge in [0.15, 0.2) is 0 Å². The van der Waals surface area contributed by atoms with Gasteiger partial charge in [0.1, 0.15) is 11.9 Å². The average molecular weight is 205 g/mol. The van der Waals surface area contributed by atoms with Gasteiger partial charge in [0.05, 0.1) is 18.3 Å². The molecule has 0 aliphatic heterocycles. The highest BCUT2D eigenvalue weighted by Gasteiger charge is 2.18. The molecule has 0 amide bonds. The molecule has 1 aliphatic rings. The summed E-state index contributed by atoms with van der Waals surface area (Å²) in [6.07, 6.45) is 3.62. The SMILES string of the molecule is N#Cc1cccc(COC2CCC2)c1F. The molecule has 0 N–H and O–H groups in total. The first-order valence-electron chi connectivity index (χ1n) is 5.10. The third-order valence-corrected chi connectivity index (χ3v) is 2.73. The van der Waals surface area contributed by atoms with Crippen LogP contribution >= 0.6 is 0 Å². The fourth-order valence-electron chi connectivity index (χ4n) is 1.52. The summed E-state index contributed by atoms with van der Waals surface area (Å²) in [6, 6.07) is 6.64. The van der Waals surface area contributed by atoms with Crippen molar-refractivity contribution in [3.63, 3.8) is 0 Å². The van der Waals surface area contributed by atoms with E-state index in [1.165, 1.54) is 12.5 Å². The second-order valence-electron chi connectivity index (χ2n) is 3.75. The predicted molar refractivity (Wildman–Crippen MR) is 53.5 cm³/mol. The van der Waals surface area contributed by atoms with Crippen LogP contribution in [0.25, 0.3) is 0 Å². The Labute approximate surface area is 88.3 Å². The topological polar surface area (TPSA) is 33.0 Å². The maximum atomic E-state index is 13.5. The quantitative estimate of drug-likeness (QED) is 0.760. The molecule has 3 heteroatoms. The van der Waals surface area contributed by atoms with Gasteiger partial charge in [-0.2, -0.15) is 5.26 Å². The van der Waals surface area contributed by atoms with Crippen molar-refractivity contribution < 1.29 is 9.13 Å². The zero-order chi connectivity index (χ0) is 10.7. The number of hydrogen-bond donors (Lipinski definition) is 0. The summed E-state index contributed by atoms with van der Waals surface area (Å²) in [5.41, 5.74) is 0.561. The van der Waals surface area contributed by atoms with Gasteiger partial charge in [0, 0.05) is 5.56 Å². The summed E-state index contributed by atoms with van der Waals surface area (Å²) >= 11 is 0. The molecule has 15 heavy (non-hydrogen) atoms. The zero-order valence-corrected chi connectivity index (χ0v) is 8.37. The van der Waals surface area contributed by atoms with Crippen LogP contribution in [0.3, 0.4) is 0 Å². The van der Waals surface area contributed by atoms with E-state index >= 15 is 0 Å². The van der Waals surface area contributed by atoms with E-state index in [1.54, 1.807) is 12.1 Å². The molecule has 1 aromatic carbocycles. The van der Waals surface area contributed by atoms with Crippen LogP contribution in [0.2, 0.25) is 0 Å². The molecule has 2 rings (SSSR count). The summed E-state index contributed by atoms with van der Waals surface area (Å²) in [5.74, 6) is -0.445. The van der Waals surface area contributed by atoms with Crippen molar-refractivity contribution >= 4 is 0 Å². The zero-order valence-electron chi connectivity index (χ0n) is 8.37. The molecular formula is C12H12FNO. The molecule has 78 valence electrons. The second kappa shape index (κ2) is 4.41. The van der Waals surface area contributed by atoms with Crippen LogP contribution in [0.4, 0.5) is 4.39 Å². The lowest BCUT2D eigenvalue weighted by Gasteiger charge is -2.25. The van der Waals surface area contributed by atoms with E-state index in [1.807, 2.05) is 6.07 Å². The van der Waals surface area contributed by atoms with Gasteiger partial charge < -0.3 is 4.74 Å². The molecule has 1 aromatic rings. The highest BCUT2D eigenvalue weighted by atomic mass is 19.1. The van der Waals surface area contributed by atoms with Gasteiger partial charge in [-0.25, -0.2) is 4.39 Å². The Bertz CT molecular complexity index is 393. The number of halogens is 1. The lowest BCUT2D eigenvalue weighted by atomic mass is 9.96. The Morgan fingerprint density at radius 3 is 2.87 bits per heavy atom. The molecule has 1 aliphatic carbocycles. The van der Waals surface area contributed by atoms with Crippen molar-refractivity contribution in [2.75, 3.05) is 0 Å². The smallest absolute Gasteiger partial charge is 0.146 e. The van der Waals surface area contributed by atoms with Gasteiger partial charge in [0.25, 0.3) is 0 Å². The summed E-state index contributed by atoms with van der Waals surface area (Å²) in [5, 5.41) is 8.65. The third-order valence-electron chi connectivity index (χ3n) is 2.73. The summed E-state index contributed by atoms with van der Waals surface area (Å²) in [7, 11) is 0. The first-order chi connectivity index (χ1) is 7.31. The van der Waals surface area contributed by atoms with Crippen molar-refractivity contribution in [2.24, 2.45) is 0 Å². The Balaban J connectivity index is 2.04. The van der Waals surface area contributed by atoms with Gasteiger partial charge in [-0.15, -0.1) is 0 Å². The highest BCUT2D eigenvalue weighted by Crippen LogP contribution is 2.24. The van der Waals surface area contributed by atoms with E-state index in [4.69, 9.17) is 10.00 Å². The lowest BCUT2D eigenvalue weighted by molar-refractivity contribution is -0.00977. The Morgan fingerprint density at radius 2 is 2.27 bits per heavy atom. The first kappa shape index (κ1) is 10.1. The minimum absolute atomic E-state index is 0.0877.